The van der Waals surface area contributed by atoms with Gasteiger partial charge in [-0.2, -0.15) is 0 Å². The average Bonchev–Trinajstić information content (AvgIpc) is 2.76. The van der Waals surface area contributed by atoms with Crippen molar-refractivity contribution in [1.82, 2.24) is 0 Å². The third kappa shape index (κ3) is 4.81. The van der Waals surface area contributed by atoms with Crippen molar-refractivity contribution in [3.8, 4) is 5.75 Å². The summed E-state index contributed by atoms with van der Waals surface area (Å²) in [7, 11) is 0. The molecule has 2 saturated heterocycles. The molecule has 0 unspecified atom stereocenters. The smallest absolute Gasteiger partial charge is 0.279 e. The summed E-state index contributed by atoms with van der Waals surface area (Å²) in [6.45, 7) is 6.95. The first-order valence-electron chi connectivity index (χ1n) is 10.3. The van der Waals surface area contributed by atoms with Crippen molar-refractivity contribution in [3.63, 3.8) is 0 Å². The number of para-hydroxylation sites is 4. The third-order valence-corrected chi connectivity index (χ3v) is 5.63. The molecule has 2 aliphatic rings. The molecule has 2 aliphatic heterocycles. The molecule has 0 aliphatic carbocycles. The maximum atomic E-state index is 12.7. The molecule has 29 heavy (non-hydrogen) atoms. The van der Waals surface area contributed by atoms with Crippen LogP contribution in [-0.4, -0.2) is 70.0 Å². The fourth-order valence-electron chi connectivity index (χ4n) is 4.05. The van der Waals surface area contributed by atoms with E-state index in [0.29, 0.717) is 25.5 Å². The minimum atomic E-state index is 0.0386. The van der Waals surface area contributed by atoms with Crippen molar-refractivity contribution in [1.29, 1.82) is 0 Å². The van der Waals surface area contributed by atoms with E-state index >= 15 is 0 Å². The van der Waals surface area contributed by atoms with E-state index in [1.807, 2.05) is 36.4 Å². The van der Waals surface area contributed by atoms with Crippen LogP contribution in [0.3, 0.4) is 0 Å². The molecular formula is C22H29N4O3+. The number of piperazine rings is 1. The molecule has 7 heteroatoms. The van der Waals surface area contributed by atoms with Gasteiger partial charge in [-0.3, -0.25) is 4.79 Å². The summed E-state index contributed by atoms with van der Waals surface area (Å²) in [6, 6.07) is 15.4. The Bertz CT molecular complexity index is 830. The summed E-state index contributed by atoms with van der Waals surface area (Å²) in [5, 5.41) is 13.2. The van der Waals surface area contributed by atoms with Crippen molar-refractivity contribution in [3.05, 3.63) is 48.5 Å². The number of ether oxygens (including phenoxy) is 1. The average molecular weight is 397 g/mol. The molecule has 154 valence electrons. The Kier molecular flexibility index (Phi) is 6.17. The predicted molar refractivity (Wildman–Crippen MR) is 114 cm³/mol. The minimum absolute atomic E-state index is 0.0386. The number of carbonyl (C=O) groups is 1. The molecule has 2 aromatic rings. The second kappa shape index (κ2) is 9.15. The molecule has 2 aromatic carbocycles. The monoisotopic (exact) mass is 397 g/mol. The van der Waals surface area contributed by atoms with E-state index < -0.39 is 0 Å². The number of carbonyl (C=O) groups excluding carboxylic acids is 1. The van der Waals surface area contributed by atoms with Gasteiger partial charge in [-0.05, 0) is 24.3 Å². The molecule has 0 atom stereocenters. The van der Waals surface area contributed by atoms with Crippen LogP contribution in [0.5, 0.6) is 5.75 Å². The summed E-state index contributed by atoms with van der Waals surface area (Å²) in [5.41, 5.74) is 2.80. The highest BCUT2D eigenvalue weighted by Crippen LogP contribution is 2.27. The number of nitrogens with zero attached hydrogens (tertiary/aromatic N) is 2. The van der Waals surface area contributed by atoms with Crippen molar-refractivity contribution >= 4 is 23.0 Å². The maximum Gasteiger partial charge on any atom is 0.279 e. The Morgan fingerprint density at radius 2 is 1.55 bits per heavy atom. The summed E-state index contributed by atoms with van der Waals surface area (Å²) < 4.78 is 5.44. The Hall–Kier alpha value is -2.77. The summed E-state index contributed by atoms with van der Waals surface area (Å²) in [5.74, 6) is 0.352. The van der Waals surface area contributed by atoms with Crippen LogP contribution < -0.4 is 20.0 Å². The highest BCUT2D eigenvalue weighted by Gasteiger charge is 2.24. The third-order valence-electron chi connectivity index (χ3n) is 5.63. The molecule has 0 saturated carbocycles. The van der Waals surface area contributed by atoms with E-state index in [4.69, 9.17) is 4.74 Å². The summed E-state index contributed by atoms with van der Waals surface area (Å²) in [4.78, 5) is 18.4. The number of quaternary nitrogens is 1. The van der Waals surface area contributed by atoms with E-state index in [9.17, 15) is 9.90 Å². The number of aromatic hydroxyl groups is 1. The van der Waals surface area contributed by atoms with Gasteiger partial charge in [0.1, 0.15) is 5.75 Å². The van der Waals surface area contributed by atoms with Crippen LogP contribution in [0.15, 0.2) is 48.5 Å². The number of anilines is 3. The number of hydrogen-bond acceptors (Lipinski definition) is 5. The normalized spacial score (nSPS) is 17.9. The molecule has 3 N–H and O–H groups in total. The van der Waals surface area contributed by atoms with E-state index in [0.717, 1.165) is 56.3 Å². The van der Waals surface area contributed by atoms with Gasteiger partial charge >= 0.3 is 0 Å². The number of rotatable bonds is 5. The van der Waals surface area contributed by atoms with Crippen molar-refractivity contribution in [2.45, 2.75) is 0 Å². The van der Waals surface area contributed by atoms with E-state index in [1.54, 1.807) is 6.07 Å². The lowest BCUT2D eigenvalue weighted by atomic mass is 10.2. The SMILES string of the molecule is O=C(C[NH+]1CCN(c2ccccc2O)CC1)Nc1ccccc1N1CCOCC1. The first-order chi connectivity index (χ1) is 14.2. The largest absolute Gasteiger partial charge is 0.506 e. The van der Waals surface area contributed by atoms with Crippen LogP contribution in [0.25, 0.3) is 0 Å². The number of benzene rings is 2. The van der Waals surface area contributed by atoms with Gasteiger partial charge in [0.2, 0.25) is 0 Å². The number of amides is 1. The Morgan fingerprint density at radius 3 is 2.28 bits per heavy atom. The van der Waals surface area contributed by atoms with Crippen molar-refractivity contribution < 1.29 is 19.5 Å². The lowest BCUT2D eigenvalue weighted by Gasteiger charge is -2.33. The van der Waals surface area contributed by atoms with Gasteiger partial charge in [0, 0.05) is 13.1 Å². The zero-order valence-electron chi connectivity index (χ0n) is 16.6. The van der Waals surface area contributed by atoms with Crippen molar-refractivity contribution in [2.75, 3.05) is 74.1 Å². The lowest BCUT2D eigenvalue weighted by Crippen LogP contribution is -3.15. The molecule has 0 radical (unpaired) electrons. The maximum absolute atomic E-state index is 12.7. The number of phenolic OH excluding ortho intramolecular Hbond substituents is 1. The molecule has 0 aromatic heterocycles. The lowest BCUT2D eigenvalue weighted by molar-refractivity contribution is -0.892. The minimum Gasteiger partial charge on any atom is -0.506 e. The molecule has 2 heterocycles. The Balaban J connectivity index is 1.31. The van der Waals surface area contributed by atoms with Crippen LogP contribution >= 0.6 is 0 Å². The molecule has 0 spiro atoms. The predicted octanol–water partition coefficient (Wildman–Crippen LogP) is 0.572. The molecule has 7 nitrogen and oxygen atoms in total. The fourth-order valence-corrected chi connectivity index (χ4v) is 4.05. The van der Waals surface area contributed by atoms with Crippen LogP contribution in [-0.2, 0) is 9.53 Å². The Labute approximate surface area is 171 Å². The second-order valence-electron chi connectivity index (χ2n) is 7.57. The first-order valence-corrected chi connectivity index (χ1v) is 10.3. The van der Waals surface area contributed by atoms with Crippen LogP contribution in [0.1, 0.15) is 0 Å². The molecule has 1 amide bonds. The summed E-state index contributed by atoms with van der Waals surface area (Å²) in [6.07, 6.45) is 0. The van der Waals surface area contributed by atoms with Crippen LogP contribution in [0.2, 0.25) is 0 Å². The van der Waals surface area contributed by atoms with Gasteiger partial charge < -0.3 is 29.9 Å². The number of morpholine rings is 1. The van der Waals surface area contributed by atoms with Crippen molar-refractivity contribution in [2.24, 2.45) is 0 Å². The molecule has 0 bridgehead atoms. The number of nitrogens with one attached hydrogen (secondary N) is 2. The molecular weight excluding hydrogens is 368 g/mol. The number of hydrogen-bond donors (Lipinski definition) is 3. The molecule has 4 rings (SSSR count). The zero-order chi connectivity index (χ0) is 20.1. The van der Waals surface area contributed by atoms with Gasteiger partial charge in [0.25, 0.3) is 5.91 Å². The van der Waals surface area contributed by atoms with Crippen LogP contribution in [0, 0.1) is 0 Å². The highest BCUT2D eigenvalue weighted by molar-refractivity contribution is 5.95. The van der Waals surface area contributed by atoms with Gasteiger partial charge in [0.05, 0.1) is 56.5 Å². The quantitative estimate of drug-likeness (QED) is 0.688. The first kappa shape index (κ1) is 19.5. The van der Waals surface area contributed by atoms with Gasteiger partial charge in [-0.1, -0.05) is 24.3 Å². The summed E-state index contributed by atoms with van der Waals surface area (Å²) >= 11 is 0. The topological polar surface area (TPSA) is 69.5 Å². The van der Waals surface area contributed by atoms with Gasteiger partial charge in [-0.25, -0.2) is 0 Å². The second-order valence-corrected chi connectivity index (χ2v) is 7.57. The van der Waals surface area contributed by atoms with Gasteiger partial charge in [0.15, 0.2) is 6.54 Å². The van der Waals surface area contributed by atoms with E-state index in [-0.39, 0.29) is 5.91 Å². The molecule has 2 fully saturated rings. The Morgan fingerprint density at radius 1 is 0.931 bits per heavy atom. The fraction of sp³-hybridized carbons (Fsp3) is 0.409. The van der Waals surface area contributed by atoms with E-state index in [1.165, 1.54) is 4.90 Å². The standard InChI is InChI=1S/C22H28N4O3/c27-21-8-4-3-7-20(21)25-11-9-24(10-12-25)17-22(28)23-18-5-1-2-6-19(18)26-13-15-29-16-14-26/h1-8,27H,9-17H2,(H,23,28)/p+1. The van der Waals surface area contributed by atoms with Gasteiger partial charge in [-0.15, -0.1) is 0 Å². The number of phenols is 1. The van der Waals surface area contributed by atoms with E-state index in [2.05, 4.69) is 21.2 Å². The zero-order valence-corrected chi connectivity index (χ0v) is 16.6. The highest BCUT2D eigenvalue weighted by atomic mass is 16.5. The van der Waals surface area contributed by atoms with Crippen LogP contribution in [0.4, 0.5) is 17.1 Å².